The third-order valence-electron chi connectivity index (χ3n) is 6.44. The van der Waals surface area contributed by atoms with Gasteiger partial charge in [0.15, 0.2) is 5.82 Å². The summed E-state index contributed by atoms with van der Waals surface area (Å²) < 4.78 is 31.8. The van der Waals surface area contributed by atoms with Crippen molar-refractivity contribution in [3.05, 3.63) is 42.5 Å². The molecule has 2 aliphatic heterocycles. The highest BCUT2D eigenvalue weighted by atomic mass is 32.2. The van der Waals surface area contributed by atoms with Gasteiger partial charge in [-0.25, -0.2) is 8.42 Å². The Morgan fingerprint density at radius 2 is 1.91 bits per heavy atom. The minimum Gasteiger partial charge on any atom is -0.492 e. The molecule has 0 saturated carbocycles. The van der Waals surface area contributed by atoms with Gasteiger partial charge in [0.2, 0.25) is 15.9 Å². The zero-order valence-corrected chi connectivity index (χ0v) is 20.6. The highest BCUT2D eigenvalue weighted by Crippen LogP contribution is 2.31. The quantitative estimate of drug-likeness (QED) is 0.514. The molecule has 0 bridgehead atoms. The molecule has 5 rings (SSSR count). The Bertz CT molecular complexity index is 1320. The van der Waals surface area contributed by atoms with Crippen molar-refractivity contribution in [3.63, 3.8) is 0 Å². The molecule has 2 fully saturated rings. The fourth-order valence-corrected chi connectivity index (χ4v) is 6.26. The summed E-state index contributed by atoms with van der Waals surface area (Å²) in [7, 11) is -3.28. The van der Waals surface area contributed by atoms with Gasteiger partial charge in [0, 0.05) is 38.1 Å². The lowest BCUT2D eigenvalue weighted by Crippen LogP contribution is -2.48. The second-order valence-corrected chi connectivity index (χ2v) is 10.8. The second kappa shape index (κ2) is 9.74. The van der Waals surface area contributed by atoms with Gasteiger partial charge in [-0.05, 0) is 43.7 Å². The molecule has 0 unspecified atom stereocenters. The zero-order valence-electron chi connectivity index (χ0n) is 19.7. The van der Waals surface area contributed by atoms with E-state index in [9.17, 15) is 13.2 Å². The fourth-order valence-electron chi connectivity index (χ4n) is 4.70. The molecule has 3 heterocycles. The van der Waals surface area contributed by atoms with E-state index < -0.39 is 10.0 Å². The molecule has 0 spiro atoms. The van der Waals surface area contributed by atoms with Crippen LogP contribution in [0.5, 0.6) is 5.75 Å². The molecule has 0 radical (unpaired) electrons. The monoisotopic (exact) mass is 498 g/mol. The summed E-state index contributed by atoms with van der Waals surface area (Å²) in [6.07, 6.45) is 0.611. The number of piperazine rings is 1. The van der Waals surface area contributed by atoms with Gasteiger partial charge in [-0.2, -0.15) is 5.10 Å². The van der Waals surface area contributed by atoms with E-state index >= 15 is 0 Å². The summed E-state index contributed by atoms with van der Waals surface area (Å²) in [5, 5.41) is 10.7. The van der Waals surface area contributed by atoms with Crippen LogP contribution in [0.15, 0.2) is 42.5 Å². The van der Waals surface area contributed by atoms with Crippen molar-refractivity contribution in [3.8, 4) is 5.75 Å². The van der Waals surface area contributed by atoms with Crippen LogP contribution in [0.2, 0.25) is 0 Å². The topological polar surface area (TPSA) is 111 Å². The minimum absolute atomic E-state index is 0.152. The molecule has 35 heavy (non-hydrogen) atoms. The Hall–Kier alpha value is -3.31. The first-order chi connectivity index (χ1) is 16.9. The van der Waals surface area contributed by atoms with Crippen molar-refractivity contribution < 1.29 is 17.9 Å². The number of nitrogens with one attached hydrogen (secondary N) is 2. The average molecular weight is 499 g/mol. The SMILES string of the molecule is CCOc1ccccc1N1CCN(CC(=O)Nc2n[nH]c3ccc(N4CCCS4(=O)=O)cc23)CC1. The molecule has 0 atom stereocenters. The maximum atomic E-state index is 12.8. The van der Waals surface area contributed by atoms with Crippen molar-refractivity contribution in [2.45, 2.75) is 13.3 Å². The van der Waals surface area contributed by atoms with Gasteiger partial charge < -0.3 is 15.0 Å². The lowest BCUT2D eigenvalue weighted by atomic mass is 10.2. The number of fused-ring (bicyclic) bond motifs is 1. The number of rotatable bonds is 7. The first kappa shape index (κ1) is 23.4. The molecule has 10 nitrogen and oxygen atoms in total. The van der Waals surface area contributed by atoms with Gasteiger partial charge in [0.1, 0.15) is 5.75 Å². The Kier molecular flexibility index (Phi) is 6.52. The Balaban J connectivity index is 1.21. The Morgan fingerprint density at radius 1 is 1.11 bits per heavy atom. The van der Waals surface area contributed by atoms with Crippen LogP contribution >= 0.6 is 0 Å². The molecule has 1 aromatic heterocycles. The first-order valence-corrected chi connectivity index (χ1v) is 13.5. The number of carbonyl (C=O) groups is 1. The van der Waals surface area contributed by atoms with Gasteiger partial charge >= 0.3 is 0 Å². The maximum absolute atomic E-state index is 12.8. The molecule has 2 N–H and O–H groups in total. The molecule has 3 aromatic rings. The van der Waals surface area contributed by atoms with Crippen molar-refractivity contribution >= 4 is 44.0 Å². The van der Waals surface area contributed by atoms with Crippen LogP contribution in [0.3, 0.4) is 0 Å². The van der Waals surface area contributed by atoms with E-state index in [2.05, 4.69) is 31.4 Å². The zero-order chi connectivity index (χ0) is 24.4. The number of aromatic amines is 1. The third-order valence-corrected chi connectivity index (χ3v) is 8.31. The van der Waals surface area contributed by atoms with Crippen LogP contribution in [-0.2, 0) is 14.8 Å². The highest BCUT2D eigenvalue weighted by Gasteiger charge is 2.29. The molecule has 1 amide bonds. The number of sulfonamides is 1. The number of aromatic nitrogens is 2. The molecule has 2 aliphatic rings. The number of H-pyrrole nitrogens is 1. The van der Waals surface area contributed by atoms with Gasteiger partial charge in [0.05, 0.1) is 35.8 Å². The Morgan fingerprint density at radius 3 is 2.66 bits per heavy atom. The molecular formula is C24H30N6O4S. The predicted octanol–water partition coefficient (Wildman–Crippen LogP) is 2.26. The fraction of sp³-hybridized carbons (Fsp3) is 0.417. The molecule has 186 valence electrons. The summed E-state index contributed by atoms with van der Waals surface area (Å²) in [5.74, 6) is 1.30. The number of ether oxygens (including phenoxy) is 1. The molecule has 2 saturated heterocycles. The highest BCUT2D eigenvalue weighted by molar-refractivity contribution is 7.93. The van der Waals surface area contributed by atoms with Crippen LogP contribution < -0.4 is 19.3 Å². The number of hydrogen-bond donors (Lipinski definition) is 2. The van der Waals surface area contributed by atoms with Crippen LogP contribution in [0.1, 0.15) is 13.3 Å². The van der Waals surface area contributed by atoms with Crippen molar-refractivity contribution in [1.29, 1.82) is 0 Å². The number of benzene rings is 2. The van der Waals surface area contributed by atoms with E-state index in [4.69, 9.17) is 4.74 Å². The van der Waals surface area contributed by atoms with E-state index in [0.717, 1.165) is 43.1 Å². The lowest BCUT2D eigenvalue weighted by molar-refractivity contribution is -0.117. The standard InChI is InChI=1S/C24H30N6O4S/c1-2-34-22-7-4-3-6-21(22)29-13-11-28(12-14-29)17-23(31)25-24-19-16-18(8-9-20(19)26-27-24)30-10-5-15-35(30,32)33/h3-4,6-9,16H,2,5,10-15,17H2,1H3,(H2,25,26,27,31). The van der Waals surface area contributed by atoms with Crippen LogP contribution in [0.4, 0.5) is 17.2 Å². The number of anilines is 3. The number of nitrogens with zero attached hydrogens (tertiary/aromatic N) is 4. The molecule has 2 aromatic carbocycles. The predicted molar refractivity (Wildman–Crippen MR) is 137 cm³/mol. The van der Waals surface area contributed by atoms with Gasteiger partial charge in [-0.15, -0.1) is 0 Å². The molecule has 11 heteroatoms. The second-order valence-electron chi connectivity index (χ2n) is 8.76. The minimum atomic E-state index is -3.28. The molecular weight excluding hydrogens is 468 g/mol. The maximum Gasteiger partial charge on any atom is 0.239 e. The van der Waals surface area contributed by atoms with E-state index in [0.29, 0.717) is 36.5 Å². The van der Waals surface area contributed by atoms with Gasteiger partial charge in [0.25, 0.3) is 0 Å². The third kappa shape index (κ3) is 4.92. The summed E-state index contributed by atoms with van der Waals surface area (Å²) in [6.45, 7) is 6.44. The summed E-state index contributed by atoms with van der Waals surface area (Å²) in [4.78, 5) is 17.2. The number of amides is 1. The van der Waals surface area contributed by atoms with Gasteiger partial charge in [-0.1, -0.05) is 12.1 Å². The van der Waals surface area contributed by atoms with Crippen LogP contribution in [0, 0.1) is 0 Å². The molecule has 0 aliphatic carbocycles. The van der Waals surface area contributed by atoms with E-state index in [-0.39, 0.29) is 18.2 Å². The largest absolute Gasteiger partial charge is 0.492 e. The average Bonchev–Trinajstić information content (AvgIpc) is 3.42. The number of hydrogen-bond acceptors (Lipinski definition) is 7. The van der Waals surface area contributed by atoms with E-state index in [1.54, 1.807) is 18.2 Å². The summed E-state index contributed by atoms with van der Waals surface area (Å²) >= 11 is 0. The lowest BCUT2D eigenvalue weighted by Gasteiger charge is -2.36. The summed E-state index contributed by atoms with van der Waals surface area (Å²) in [6, 6.07) is 13.4. The van der Waals surface area contributed by atoms with Crippen LogP contribution in [-0.4, -0.2) is 81.1 Å². The van der Waals surface area contributed by atoms with E-state index in [1.807, 2.05) is 25.1 Å². The van der Waals surface area contributed by atoms with Crippen molar-refractivity contribution in [2.24, 2.45) is 0 Å². The smallest absolute Gasteiger partial charge is 0.239 e. The first-order valence-electron chi connectivity index (χ1n) is 11.9. The Labute approximate surface area is 204 Å². The summed E-state index contributed by atoms with van der Waals surface area (Å²) in [5.41, 5.74) is 2.41. The normalized spacial score (nSPS) is 18.2. The van der Waals surface area contributed by atoms with Gasteiger partial charge in [-0.3, -0.25) is 19.1 Å². The van der Waals surface area contributed by atoms with Crippen LogP contribution in [0.25, 0.3) is 10.9 Å². The number of carbonyl (C=O) groups excluding carboxylic acids is 1. The number of para-hydroxylation sites is 2. The van der Waals surface area contributed by atoms with Crippen molar-refractivity contribution in [1.82, 2.24) is 15.1 Å². The van der Waals surface area contributed by atoms with E-state index in [1.165, 1.54) is 4.31 Å². The van der Waals surface area contributed by atoms with Crippen molar-refractivity contribution in [2.75, 3.05) is 66.2 Å².